The van der Waals surface area contributed by atoms with E-state index in [-0.39, 0.29) is 5.78 Å². The molecule has 2 nitrogen and oxygen atoms in total. The van der Waals surface area contributed by atoms with Crippen LogP contribution >= 0.6 is 11.6 Å². The van der Waals surface area contributed by atoms with Crippen molar-refractivity contribution in [2.45, 2.75) is 13.3 Å². The van der Waals surface area contributed by atoms with Crippen molar-refractivity contribution >= 4 is 17.4 Å². The standard InChI is InChI=1S/C14H12ClNO/c1-10-3-2-4-11(7-10)8-13(17)12-5-6-14(15)16-9-12/h2-7,9H,8H2,1H3. The Hall–Kier alpha value is -1.67. The first-order valence-corrected chi connectivity index (χ1v) is 5.73. The van der Waals surface area contributed by atoms with Gasteiger partial charge in [-0.2, -0.15) is 0 Å². The highest BCUT2D eigenvalue weighted by Crippen LogP contribution is 2.10. The Kier molecular flexibility index (Phi) is 3.55. The molecule has 0 aliphatic rings. The van der Waals surface area contributed by atoms with Crippen LogP contribution in [-0.4, -0.2) is 10.8 Å². The monoisotopic (exact) mass is 245 g/mol. The van der Waals surface area contributed by atoms with Gasteiger partial charge < -0.3 is 0 Å². The lowest BCUT2D eigenvalue weighted by Gasteiger charge is -2.02. The van der Waals surface area contributed by atoms with Crippen LogP contribution in [0.2, 0.25) is 5.15 Å². The molecule has 0 spiro atoms. The summed E-state index contributed by atoms with van der Waals surface area (Å²) in [5.41, 5.74) is 2.77. The molecule has 1 heterocycles. The summed E-state index contributed by atoms with van der Waals surface area (Å²) in [7, 11) is 0. The third kappa shape index (κ3) is 3.14. The van der Waals surface area contributed by atoms with E-state index in [1.54, 1.807) is 12.1 Å². The molecule has 0 atom stereocenters. The molecule has 0 saturated heterocycles. The van der Waals surface area contributed by atoms with Crippen LogP contribution in [-0.2, 0) is 6.42 Å². The fourth-order valence-corrected chi connectivity index (χ4v) is 1.76. The number of hydrogen-bond acceptors (Lipinski definition) is 2. The van der Waals surface area contributed by atoms with E-state index in [1.807, 2.05) is 31.2 Å². The van der Waals surface area contributed by atoms with E-state index in [0.29, 0.717) is 17.1 Å². The number of ketones is 1. The number of Topliss-reactive ketones (excluding diaryl/α,β-unsaturated/α-hetero) is 1. The van der Waals surface area contributed by atoms with Crippen molar-refractivity contribution in [3.8, 4) is 0 Å². The van der Waals surface area contributed by atoms with E-state index in [1.165, 1.54) is 6.20 Å². The molecule has 2 rings (SSSR count). The molecule has 0 amide bonds. The first kappa shape index (κ1) is 11.8. The van der Waals surface area contributed by atoms with Gasteiger partial charge in [0.25, 0.3) is 0 Å². The molecule has 0 bridgehead atoms. The van der Waals surface area contributed by atoms with Crippen LogP contribution in [0.3, 0.4) is 0 Å². The van der Waals surface area contributed by atoms with Gasteiger partial charge in [-0.25, -0.2) is 4.98 Å². The van der Waals surface area contributed by atoms with Crippen molar-refractivity contribution in [2.75, 3.05) is 0 Å². The zero-order valence-corrected chi connectivity index (χ0v) is 10.2. The minimum absolute atomic E-state index is 0.0553. The van der Waals surface area contributed by atoms with Crippen molar-refractivity contribution in [3.05, 3.63) is 64.4 Å². The van der Waals surface area contributed by atoms with Gasteiger partial charge in [0, 0.05) is 18.2 Å². The number of halogens is 1. The molecule has 0 radical (unpaired) electrons. The molecular formula is C14H12ClNO. The molecule has 1 aromatic carbocycles. The topological polar surface area (TPSA) is 30.0 Å². The summed E-state index contributed by atoms with van der Waals surface area (Å²) in [6, 6.07) is 11.3. The summed E-state index contributed by atoms with van der Waals surface area (Å²) >= 11 is 5.67. The van der Waals surface area contributed by atoms with Crippen LogP contribution in [0.15, 0.2) is 42.6 Å². The molecule has 0 aliphatic heterocycles. The molecule has 17 heavy (non-hydrogen) atoms. The van der Waals surface area contributed by atoms with E-state index >= 15 is 0 Å². The van der Waals surface area contributed by atoms with E-state index < -0.39 is 0 Å². The van der Waals surface area contributed by atoms with Crippen LogP contribution in [0.4, 0.5) is 0 Å². The maximum Gasteiger partial charge on any atom is 0.168 e. The number of rotatable bonds is 3. The summed E-state index contributed by atoms with van der Waals surface area (Å²) in [5, 5.41) is 0.400. The highest BCUT2D eigenvalue weighted by molar-refractivity contribution is 6.29. The molecule has 2 aromatic rings. The van der Waals surface area contributed by atoms with Gasteiger partial charge in [-0.1, -0.05) is 41.4 Å². The maximum absolute atomic E-state index is 12.0. The maximum atomic E-state index is 12.0. The van der Waals surface area contributed by atoms with E-state index in [4.69, 9.17) is 11.6 Å². The number of benzene rings is 1. The van der Waals surface area contributed by atoms with Gasteiger partial charge in [-0.15, -0.1) is 0 Å². The SMILES string of the molecule is Cc1cccc(CC(=O)c2ccc(Cl)nc2)c1. The van der Waals surface area contributed by atoms with Gasteiger partial charge in [0.15, 0.2) is 5.78 Å². The quantitative estimate of drug-likeness (QED) is 0.612. The van der Waals surface area contributed by atoms with Crippen LogP contribution in [0.1, 0.15) is 21.5 Å². The van der Waals surface area contributed by atoms with E-state index in [9.17, 15) is 4.79 Å². The molecule has 0 fully saturated rings. The van der Waals surface area contributed by atoms with Crippen LogP contribution in [0.5, 0.6) is 0 Å². The predicted octanol–water partition coefficient (Wildman–Crippen LogP) is 3.47. The number of aryl methyl sites for hydroxylation is 1. The largest absolute Gasteiger partial charge is 0.294 e. The van der Waals surface area contributed by atoms with E-state index in [0.717, 1.165) is 11.1 Å². The minimum atomic E-state index is 0.0553. The average Bonchev–Trinajstić information content (AvgIpc) is 2.29. The lowest BCUT2D eigenvalue weighted by Crippen LogP contribution is -2.04. The van der Waals surface area contributed by atoms with Crippen molar-refractivity contribution in [1.29, 1.82) is 0 Å². The second kappa shape index (κ2) is 5.11. The number of pyridine rings is 1. The Morgan fingerprint density at radius 2 is 2.12 bits per heavy atom. The summed E-state index contributed by atoms with van der Waals surface area (Å²) in [5.74, 6) is 0.0553. The van der Waals surface area contributed by atoms with Crippen LogP contribution in [0.25, 0.3) is 0 Å². The minimum Gasteiger partial charge on any atom is -0.294 e. The van der Waals surface area contributed by atoms with Gasteiger partial charge >= 0.3 is 0 Å². The molecule has 0 saturated carbocycles. The second-order valence-corrected chi connectivity index (χ2v) is 4.35. The average molecular weight is 246 g/mol. The number of hydrogen-bond donors (Lipinski definition) is 0. The van der Waals surface area contributed by atoms with Crippen LogP contribution in [0, 0.1) is 6.92 Å². The van der Waals surface area contributed by atoms with Gasteiger partial charge in [0.1, 0.15) is 5.15 Å². The third-order valence-corrected chi connectivity index (χ3v) is 2.72. The Balaban J connectivity index is 2.14. The summed E-state index contributed by atoms with van der Waals surface area (Å²) < 4.78 is 0. The number of carbonyl (C=O) groups excluding carboxylic acids is 1. The van der Waals surface area contributed by atoms with Gasteiger partial charge in [0.2, 0.25) is 0 Å². The highest BCUT2D eigenvalue weighted by atomic mass is 35.5. The normalized spacial score (nSPS) is 10.2. The Morgan fingerprint density at radius 3 is 2.76 bits per heavy atom. The molecule has 0 N–H and O–H groups in total. The van der Waals surface area contributed by atoms with Crippen molar-refractivity contribution in [2.24, 2.45) is 0 Å². The Bertz CT molecular complexity index is 534. The summed E-state index contributed by atoms with van der Waals surface area (Å²) in [6.45, 7) is 2.01. The Labute approximate surface area is 105 Å². The summed E-state index contributed by atoms with van der Waals surface area (Å²) in [6.07, 6.45) is 1.91. The number of nitrogens with zero attached hydrogens (tertiary/aromatic N) is 1. The van der Waals surface area contributed by atoms with Crippen molar-refractivity contribution in [3.63, 3.8) is 0 Å². The lowest BCUT2D eigenvalue weighted by atomic mass is 10.0. The van der Waals surface area contributed by atoms with Crippen molar-refractivity contribution in [1.82, 2.24) is 4.98 Å². The first-order valence-electron chi connectivity index (χ1n) is 5.35. The number of aromatic nitrogens is 1. The van der Waals surface area contributed by atoms with Gasteiger partial charge in [-0.3, -0.25) is 4.79 Å². The fraction of sp³-hybridized carbons (Fsp3) is 0.143. The first-order chi connectivity index (χ1) is 8.15. The summed E-state index contributed by atoms with van der Waals surface area (Å²) in [4.78, 5) is 15.9. The Morgan fingerprint density at radius 1 is 1.29 bits per heavy atom. The highest BCUT2D eigenvalue weighted by Gasteiger charge is 2.07. The molecule has 1 aromatic heterocycles. The molecular weight excluding hydrogens is 234 g/mol. The lowest BCUT2D eigenvalue weighted by molar-refractivity contribution is 0.0992. The second-order valence-electron chi connectivity index (χ2n) is 3.96. The molecule has 0 unspecified atom stereocenters. The molecule has 0 aliphatic carbocycles. The van der Waals surface area contributed by atoms with Gasteiger partial charge in [-0.05, 0) is 24.6 Å². The smallest absolute Gasteiger partial charge is 0.168 e. The van der Waals surface area contributed by atoms with Crippen molar-refractivity contribution < 1.29 is 4.79 Å². The predicted molar refractivity (Wildman–Crippen MR) is 68.5 cm³/mol. The molecule has 3 heteroatoms. The fourth-order valence-electron chi connectivity index (χ4n) is 1.65. The third-order valence-electron chi connectivity index (χ3n) is 2.50. The van der Waals surface area contributed by atoms with Crippen LogP contribution < -0.4 is 0 Å². The zero-order chi connectivity index (χ0) is 12.3. The van der Waals surface area contributed by atoms with E-state index in [2.05, 4.69) is 4.98 Å². The zero-order valence-electron chi connectivity index (χ0n) is 9.48. The number of carbonyl (C=O) groups is 1. The van der Waals surface area contributed by atoms with Gasteiger partial charge in [0.05, 0.1) is 0 Å². The molecule has 86 valence electrons.